The van der Waals surface area contributed by atoms with E-state index in [0.29, 0.717) is 36.5 Å². The zero-order valence-electron chi connectivity index (χ0n) is 19.0. The summed E-state index contributed by atoms with van der Waals surface area (Å²) in [6.07, 6.45) is 8.68. The summed E-state index contributed by atoms with van der Waals surface area (Å²) in [6.45, 7) is 4.22. The van der Waals surface area contributed by atoms with Crippen LogP contribution in [-0.2, 0) is 31.3 Å². The zero-order chi connectivity index (χ0) is 23.6. The first-order chi connectivity index (χ1) is 16.0. The van der Waals surface area contributed by atoms with Gasteiger partial charge in [-0.2, -0.15) is 0 Å². The predicted molar refractivity (Wildman–Crippen MR) is 126 cm³/mol. The van der Waals surface area contributed by atoms with E-state index in [1.54, 1.807) is 25.6 Å². The van der Waals surface area contributed by atoms with Gasteiger partial charge in [-0.1, -0.05) is 30.9 Å². The van der Waals surface area contributed by atoms with Crippen molar-refractivity contribution >= 4 is 5.78 Å². The van der Waals surface area contributed by atoms with E-state index in [1.807, 2.05) is 60.3 Å². The SMILES string of the molecule is C=C(Cc1nccn1C)C(=O)CC(O)/C=C/Cc1ccc(OCc2ccccn2)cc1OC. The lowest BCUT2D eigenvalue weighted by Gasteiger charge is -2.11. The van der Waals surface area contributed by atoms with Gasteiger partial charge >= 0.3 is 0 Å². The largest absolute Gasteiger partial charge is 0.496 e. The topological polar surface area (TPSA) is 86.5 Å². The van der Waals surface area contributed by atoms with Gasteiger partial charge in [0.2, 0.25) is 0 Å². The number of aryl methyl sites for hydroxylation is 1. The minimum Gasteiger partial charge on any atom is -0.496 e. The summed E-state index contributed by atoms with van der Waals surface area (Å²) in [5.74, 6) is 1.95. The van der Waals surface area contributed by atoms with Crippen molar-refractivity contribution < 1.29 is 19.4 Å². The number of Topliss-reactive ketones (excluding diaryl/α,β-unsaturated/α-hetero) is 1. The molecule has 3 rings (SSSR count). The molecule has 0 aliphatic heterocycles. The second-order valence-corrected chi connectivity index (χ2v) is 7.65. The molecule has 172 valence electrons. The molecule has 0 fully saturated rings. The summed E-state index contributed by atoms with van der Waals surface area (Å²) in [7, 11) is 3.47. The first-order valence-electron chi connectivity index (χ1n) is 10.7. The molecule has 2 heterocycles. The van der Waals surface area contributed by atoms with Crippen molar-refractivity contribution in [2.75, 3.05) is 7.11 Å². The highest BCUT2D eigenvalue weighted by Crippen LogP contribution is 2.26. The van der Waals surface area contributed by atoms with Gasteiger partial charge in [-0.15, -0.1) is 0 Å². The van der Waals surface area contributed by atoms with Gasteiger partial charge in [0.15, 0.2) is 5.78 Å². The lowest BCUT2D eigenvalue weighted by molar-refractivity contribution is -0.116. The van der Waals surface area contributed by atoms with E-state index in [-0.39, 0.29) is 12.2 Å². The van der Waals surface area contributed by atoms with Gasteiger partial charge in [0.1, 0.15) is 23.9 Å². The summed E-state index contributed by atoms with van der Waals surface area (Å²) in [5, 5.41) is 10.2. The maximum Gasteiger partial charge on any atom is 0.161 e. The Hall–Kier alpha value is -3.71. The summed E-state index contributed by atoms with van der Waals surface area (Å²) in [5.41, 5.74) is 2.21. The highest BCUT2D eigenvalue weighted by Gasteiger charge is 2.14. The van der Waals surface area contributed by atoms with Gasteiger partial charge in [0.25, 0.3) is 0 Å². The van der Waals surface area contributed by atoms with Crippen molar-refractivity contribution in [3.63, 3.8) is 0 Å². The fourth-order valence-electron chi connectivity index (χ4n) is 3.23. The monoisotopic (exact) mass is 447 g/mol. The number of ether oxygens (including phenoxy) is 2. The molecule has 0 amide bonds. The van der Waals surface area contributed by atoms with E-state index in [1.165, 1.54) is 0 Å². The molecule has 7 heteroatoms. The highest BCUT2D eigenvalue weighted by atomic mass is 16.5. The predicted octanol–water partition coefficient (Wildman–Crippen LogP) is 3.62. The Morgan fingerprint density at radius 1 is 1.24 bits per heavy atom. The minimum atomic E-state index is -0.886. The quantitative estimate of drug-likeness (QED) is 0.337. The van der Waals surface area contributed by atoms with Gasteiger partial charge in [-0.05, 0) is 35.8 Å². The van der Waals surface area contributed by atoms with E-state index >= 15 is 0 Å². The number of rotatable bonds is 12. The first-order valence-corrected chi connectivity index (χ1v) is 10.7. The number of nitrogens with zero attached hydrogens (tertiary/aromatic N) is 3. The summed E-state index contributed by atoms with van der Waals surface area (Å²) in [4.78, 5) is 20.8. The number of pyridine rings is 1. The second-order valence-electron chi connectivity index (χ2n) is 7.65. The van der Waals surface area contributed by atoms with E-state index in [9.17, 15) is 9.90 Å². The van der Waals surface area contributed by atoms with Gasteiger partial charge in [0.05, 0.1) is 18.9 Å². The lowest BCUT2D eigenvalue weighted by atomic mass is 10.0. The molecule has 0 aliphatic rings. The Labute approximate surface area is 194 Å². The van der Waals surface area contributed by atoms with Gasteiger partial charge in [0, 0.05) is 44.5 Å². The average Bonchev–Trinajstić information content (AvgIpc) is 3.22. The van der Waals surface area contributed by atoms with Crippen LogP contribution in [0.2, 0.25) is 0 Å². The number of carbonyl (C=O) groups excluding carboxylic acids is 1. The summed E-state index contributed by atoms with van der Waals surface area (Å²) < 4.78 is 13.1. The Morgan fingerprint density at radius 2 is 2.09 bits per heavy atom. The normalized spacial score (nSPS) is 12.0. The average molecular weight is 448 g/mol. The number of aromatic nitrogens is 3. The van der Waals surface area contributed by atoms with Gasteiger partial charge < -0.3 is 19.1 Å². The molecule has 1 atom stereocenters. The van der Waals surface area contributed by atoms with Crippen LogP contribution in [0, 0.1) is 0 Å². The van der Waals surface area contributed by atoms with Crippen molar-refractivity contribution in [3.05, 3.63) is 96.4 Å². The molecule has 0 saturated heterocycles. The van der Waals surface area contributed by atoms with Crippen molar-refractivity contribution in [3.8, 4) is 11.5 Å². The third-order valence-corrected chi connectivity index (χ3v) is 5.15. The second kappa shape index (κ2) is 11.8. The van der Waals surface area contributed by atoms with Crippen molar-refractivity contribution in [2.45, 2.75) is 32.0 Å². The number of aliphatic hydroxyl groups excluding tert-OH is 1. The molecule has 1 N–H and O–H groups in total. The van der Waals surface area contributed by atoms with Crippen LogP contribution in [-0.4, -0.2) is 38.6 Å². The van der Waals surface area contributed by atoms with E-state index in [4.69, 9.17) is 9.47 Å². The van der Waals surface area contributed by atoms with E-state index in [2.05, 4.69) is 16.5 Å². The fraction of sp³-hybridized carbons (Fsp3) is 0.269. The number of methoxy groups -OCH3 is 1. The fourth-order valence-corrected chi connectivity index (χ4v) is 3.23. The van der Waals surface area contributed by atoms with Gasteiger partial charge in [-0.25, -0.2) is 4.98 Å². The number of ketones is 1. The molecular formula is C26H29N3O4. The van der Waals surface area contributed by atoms with Gasteiger partial charge in [-0.3, -0.25) is 9.78 Å². The van der Waals surface area contributed by atoms with Crippen LogP contribution in [0.15, 0.2) is 79.3 Å². The van der Waals surface area contributed by atoms with E-state index < -0.39 is 6.10 Å². The number of imidazole rings is 1. The van der Waals surface area contributed by atoms with Crippen LogP contribution >= 0.6 is 0 Å². The Bertz CT molecular complexity index is 1110. The zero-order valence-corrected chi connectivity index (χ0v) is 19.0. The smallest absolute Gasteiger partial charge is 0.161 e. The molecular weight excluding hydrogens is 418 g/mol. The van der Waals surface area contributed by atoms with Crippen LogP contribution < -0.4 is 9.47 Å². The molecule has 7 nitrogen and oxygen atoms in total. The molecule has 0 spiro atoms. The van der Waals surface area contributed by atoms with Crippen molar-refractivity contribution in [1.29, 1.82) is 0 Å². The van der Waals surface area contributed by atoms with Crippen LogP contribution in [0.4, 0.5) is 0 Å². The molecule has 1 unspecified atom stereocenters. The molecule has 2 aromatic heterocycles. The molecule has 0 bridgehead atoms. The number of benzene rings is 1. The molecule has 3 aromatic rings. The minimum absolute atomic E-state index is 0.0167. The van der Waals surface area contributed by atoms with E-state index in [0.717, 1.165) is 17.1 Å². The highest BCUT2D eigenvalue weighted by molar-refractivity contribution is 5.95. The Morgan fingerprint density at radius 3 is 2.79 bits per heavy atom. The standard InChI is InChI=1S/C26H29N3O4/c1-19(15-26-28-13-14-29(26)2)24(31)16-22(30)9-6-7-20-10-11-23(17-25(20)32-3)33-18-21-8-4-5-12-27-21/h4-6,8-14,17,22,30H,1,7,15-16,18H2,2-3H3/b9-6+. The molecule has 1 aromatic carbocycles. The van der Waals surface area contributed by atoms with Crippen LogP contribution in [0.5, 0.6) is 11.5 Å². The number of hydrogen-bond acceptors (Lipinski definition) is 6. The number of allylic oxidation sites excluding steroid dienone is 2. The van der Waals surface area contributed by atoms with Crippen LogP contribution in [0.25, 0.3) is 0 Å². The van der Waals surface area contributed by atoms with Crippen LogP contribution in [0.3, 0.4) is 0 Å². The molecule has 0 saturated carbocycles. The third kappa shape index (κ3) is 7.15. The number of aliphatic hydroxyl groups is 1. The maximum absolute atomic E-state index is 12.4. The molecule has 0 aliphatic carbocycles. The maximum atomic E-state index is 12.4. The lowest BCUT2D eigenvalue weighted by Crippen LogP contribution is -2.14. The molecule has 0 radical (unpaired) electrons. The molecule has 33 heavy (non-hydrogen) atoms. The summed E-state index contributed by atoms with van der Waals surface area (Å²) >= 11 is 0. The first kappa shape index (κ1) is 23.9. The number of hydrogen-bond donors (Lipinski definition) is 1. The summed E-state index contributed by atoms with van der Waals surface area (Å²) in [6, 6.07) is 11.3. The number of carbonyl (C=O) groups is 1. The third-order valence-electron chi connectivity index (χ3n) is 5.15. The van der Waals surface area contributed by atoms with Crippen LogP contribution in [0.1, 0.15) is 23.5 Å². The van der Waals surface area contributed by atoms with Crippen molar-refractivity contribution in [2.24, 2.45) is 7.05 Å². The van der Waals surface area contributed by atoms with Crippen molar-refractivity contribution in [1.82, 2.24) is 14.5 Å². The Kier molecular flexibility index (Phi) is 8.55. The Balaban J connectivity index is 1.50.